The molecule has 6 nitrogen and oxygen atoms in total. The highest BCUT2D eigenvalue weighted by Gasteiger charge is 2.17. The first kappa shape index (κ1) is 18.8. The van der Waals surface area contributed by atoms with Crippen LogP contribution in [-0.2, 0) is 11.2 Å². The highest BCUT2D eigenvalue weighted by Crippen LogP contribution is 2.14. The minimum absolute atomic E-state index is 0.189. The third-order valence-electron chi connectivity index (χ3n) is 3.66. The van der Waals surface area contributed by atoms with E-state index >= 15 is 0 Å². The number of hydrogen-bond acceptors (Lipinski definition) is 3. The minimum Gasteiger partial charge on any atom is -0.497 e. The van der Waals surface area contributed by atoms with Crippen molar-refractivity contribution in [3.63, 3.8) is 0 Å². The molecule has 1 rings (SSSR count). The number of carbonyl (C=O) groups is 2. The average Bonchev–Trinajstić information content (AvgIpc) is 2.53. The Kier molecular flexibility index (Phi) is 7.38. The number of benzene rings is 1. The number of nitrogens with one attached hydrogen (secondary N) is 1. The summed E-state index contributed by atoms with van der Waals surface area (Å²) < 4.78 is 5.12. The number of urea groups is 1. The molecule has 0 aliphatic carbocycles. The smallest absolute Gasteiger partial charge is 0.317 e. The Morgan fingerprint density at radius 2 is 1.87 bits per heavy atom. The van der Waals surface area contributed by atoms with Crippen LogP contribution < -0.4 is 10.1 Å². The molecule has 0 heterocycles. The number of nitrogens with zero attached hydrogens (tertiary/aromatic N) is 1. The Morgan fingerprint density at radius 1 is 1.26 bits per heavy atom. The summed E-state index contributed by atoms with van der Waals surface area (Å²) in [5.41, 5.74) is 1.18. The molecule has 0 saturated heterocycles. The second-order valence-corrected chi connectivity index (χ2v) is 5.96. The summed E-state index contributed by atoms with van der Waals surface area (Å²) in [5, 5.41) is 11.7. The summed E-state index contributed by atoms with van der Waals surface area (Å²) in [5.74, 6) is -0.387. The molecule has 0 bridgehead atoms. The summed E-state index contributed by atoms with van der Waals surface area (Å²) in [6.45, 7) is 4.37. The molecule has 0 aliphatic heterocycles. The van der Waals surface area contributed by atoms with Gasteiger partial charge in [-0.05, 0) is 30.0 Å². The number of carboxylic acids is 1. The summed E-state index contributed by atoms with van der Waals surface area (Å²) in [4.78, 5) is 24.2. The van der Waals surface area contributed by atoms with Crippen LogP contribution in [0.2, 0.25) is 0 Å². The number of aliphatic carboxylic acids is 1. The number of carbonyl (C=O) groups excluding carboxylic acids is 1. The fraction of sp³-hybridized carbons (Fsp3) is 0.529. The van der Waals surface area contributed by atoms with Crippen molar-refractivity contribution in [1.82, 2.24) is 10.2 Å². The van der Waals surface area contributed by atoms with Crippen LogP contribution in [0.4, 0.5) is 4.79 Å². The van der Waals surface area contributed by atoms with E-state index in [0.717, 1.165) is 12.2 Å². The van der Waals surface area contributed by atoms with Crippen molar-refractivity contribution in [3.05, 3.63) is 29.8 Å². The maximum absolute atomic E-state index is 11.9. The van der Waals surface area contributed by atoms with E-state index in [1.807, 2.05) is 24.3 Å². The van der Waals surface area contributed by atoms with Crippen LogP contribution >= 0.6 is 0 Å². The van der Waals surface area contributed by atoms with Gasteiger partial charge in [0.25, 0.3) is 0 Å². The topological polar surface area (TPSA) is 78.9 Å². The van der Waals surface area contributed by atoms with Crippen molar-refractivity contribution >= 4 is 12.0 Å². The Labute approximate surface area is 137 Å². The van der Waals surface area contributed by atoms with E-state index in [1.54, 1.807) is 21.1 Å². The zero-order valence-corrected chi connectivity index (χ0v) is 14.2. The maximum Gasteiger partial charge on any atom is 0.317 e. The van der Waals surface area contributed by atoms with Crippen LogP contribution in [0.1, 0.15) is 19.4 Å². The Balaban J connectivity index is 2.37. The molecule has 2 N–H and O–H groups in total. The Morgan fingerprint density at radius 3 is 2.39 bits per heavy atom. The van der Waals surface area contributed by atoms with Gasteiger partial charge in [0.15, 0.2) is 0 Å². The number of rotatable bonds is 8. The zero-order chi connectivity index (χ0) is 17.4. The zero-order valence-electron chi connectivity index (χ0n) is 14.2. The van der Waals surface area contributed by atoms with E-state index in [4.69, 9.17) is 9.84 Å². The van der Waals surface area contributed by atoms with E-state index in [0.29, 0.717) is 6.54 Å². The van der Waals surface area contributed by atoms with Crippen LogP contribution in [0.5, 0.6) is 5.75 Å². The summed E-state index contributed by atoms with van der Waals surface area (Å²) in [7, 11) is 3.23. The number of methoxy groups -OCH3 is 1. The third kappa shape index (κ3) is 6.59. The lowest BCUT2D eigenvalue weighted by atomic mass is 10.0. The average molecular weight is 322 g/mol. The van der Waals surface area contributed by atoms with Crippen LogP contribution in [0.3, 0.4) is 0 Å². The highest BCUT2D eigenvalue weighted by molar-refractivity contribution is 5.75. The summed E-state index contributed by atoms with van der Waals surface area (Å²) >= 11 is 0. The second kappa shape index (κ2) is 9.02. The van der Waals surface area contributed by atoms with Crippen LogP contribution in [0.15, 0.2) is 24.3 Å². The van der Waals surface area contributed by atoms with E-state index in [9.17, 15) is 9.59 Å². The van der Waals surface area contributed by atoms with Crippen molar-refractivity contribution in [2.24, 2.45) is 11.8 Å². The first-order valence-electron chi connectivity index (χ1n) is 7.68. The number of hydrogen-bond donors (Lipinski definition) is 2. The molecule has 2 atom stereocenters. The number of amides is 2. The predicted octanol–water partition coefficient (Wildman–Crippen LogP) is 2.24. The van der Waals surface area contributed by atoms with E-state index in [-0.39, 0.29) is 18.5 Å². The molecule has 0 saturated carbocycles. The molecular weight excluding hydrogens is 296 g/mol. The second-order valence-electron chi connectivity index (χ2n) is 5.96. The Bertz CT molecular complexity index is 516. The van der Waals surface area contributed by atoms with Gasteiger partial charge in [0.1, 0.15) is 5.75 Å². The largest absolute Gasteiger partial charge is 0.497 e. The predicted molar refractivity (Wildman–Crippen MR) is 88.7 cm³/mol. The summed E-state index contributed by atoms with van der Waals surface area (Å²) in [6.07, 6.45) is 0.847. The van der Waals surface area contributed by atoms with Crippen molar-refractivity contribution < 1.29 is 19.4 Å². The quantitative estimate of drug-likeness (QED) is 0.769. The lowest BCUT2D eigenvalue weighted by Gasteiger charge is -2.21. The molecule has 2 amide bonds. The van der Waals surface area contributed by atoms with Gasteiger partial charge < -0.3 is 20.1 Å². The normalized spacial score (nSPS) is 13.0. The van der Waals surface area contributed by atoms with Crippen LogP contribution in [-0.4, -0.2) is 49.3 Å². The standard InChI is InChI=1S/C17H26N2O4/c1-12(9-14-5-7-15(23-4)8-6-14)10-18-17(22)19(3)11-13(2)16(20)21/h5-8,12-13H,9-11H2,1-4H3,(H,18,22)(H,20,21). The molecule has 6 heteroatoms. The van der Waals surface area contributed by atoms with E-state index in [1.165, 1.54) is 10.5 Å². The molecule has 0 radical (unpaired) electrons. The van der Waals surface area contributed by atoms with Crippen LogP contribution in [0, 0.1) is 11.8 Å². The first-order chi connectivity index (χ1) is 10.8. The van der Waals surface area contributed by atoms with Gasteiger partial charge >= 0.3 is 12.0 Å². The van der Waals surface area contributed by atoms with Gasteiger partial charge in [0.2, 0.25) is 0 Å². The van der Waals surface area contributed by atoms with Gasteiger partial charge in [-0.15, -0.1) is 0 Å². The van der Waals surface area contributed by atoms with Gasteiger partial charge in [-0.2, -0.15) is 0 Å². The van der Waals surface area contributed by atoms with Gasteiger partial charge in [0.05, 0.1) is 13.0 Å². The molecule has 0 fully saturated rings. The lowest BCUT2D eigenvalue weighted by Crippen LogP contribution is -2.42. The first-order valence-corrected chi connectivity index (χ1v) is 7.68. The molecule has 2 unspecified atom stereocenters. The van der Waals surface area contributed by atoms with E-state index < -0.39 is 11.9 Å². The van der Waals surface area contributed by atoms with Gasteiger partial charge in [-0.3, -0.25) is 4.79 Å². The van der Waals surface area contributed by atoms with Gasteiger partial charge in [-0.25, -0.2) is 4.79 Å². The molecule has 0 aromatic heterocycles. The van der Waals surface area contributed by atoms with Crippen LogP contribution in [0.25, 0.3) is 0 Å². The SMILES string of the molecule is COc1ccc(CC(C)CNC(=O)N(C)CC(C)C(=O)O)cc1. The number of ether oxygens (including phenoxy) is 1. The van der Waals surface area contributed by atoms with E-state index in [2.05, 4.69) is 12.2 Å². The van der Waals surface area contributed by atoms with Crippen molar-refractivity contribution in [2.45, 2.75) is 20.3 Å². The molecule has 1 aromatic carbocycles. The van der Waals surface area contributed by atoms with Crippen molar-refractivity contribution in [3.8, 4) is 5.75 Å². The number of carboxylic acid groups (broad SMARTS) is 1. The minimum atomic E-state index is -0.905. The van der Waals surface area contributed by atoms with Gasteiger partial charge in [-0.1, -0.05) is 26.0 Å². The fourth-order valence-electron chi connectivity index (χ4n) is 2.20. The molecule has 128 valence electrons. The van der Waals surface area contributed by atoms with Crippen molar-refractivity contribution in [1.29, 1.82) is 0 Å². The maximum atomic E-state index is 11.9. The lowest BCUT2D eigenvalue weighted by molar-refractivity contribution is -0.141. The third-order valence-corrected chi connectivity index (χ3v) is 3.66. The highest BCUT2D eigenvalue weighted by atomic mass is 16.5. The summed E-state index contributed by atoms with van der Waals surface area (Å²) in [6, 6.07) is 7.61. The monoisotopic (exact) mass is 322 g/mol. The molecular formula is C17H26N2O4. The van der Waals surface area contributed by atoms with Gasteiger partial charge in [0, 0.05) is 20.1 Å². The molecule has 0 aliphatic rings. The molecule has 1 aromatic rings. The Hall–Kier alpha value is -2.24. The molecule has 23 heavy (non-hydrogen) atoms. The molecule has 0 spiro atoms. The van der Waals surface area contributed by atoms with Crippen molar-refractivity contribution in [2.75, 3.05) is 27.2 Å². The fourth-order valence-corrected chi connectivity index (χ4v) is 2.20.